The largest absolute Gasteiger partial charge is 0.372 e. The quantitative estimate of drug-likeness (QED) is 0.919. The molecule has 2 fully saturated rings. The summed E-state index contributed by atoms with van der Waals surface area (Å²) in [5.41, 5.74) is 2.33. The minimum absolute atomic E-state index is 0.737. The molecular weight excluding hydrogens is 312 g/mol. The van der Waals surface area contributed by atoms with Gasteiger partial charge in [0.2, 0.25) is 5.95 Å². The summed E-state index contributed by atoms with van der Waals surface area (Å²) >= 11 is 0. The van der Waals surface area contributed by atoms with Crippen LogP contribution in [0.4, 0.5) is 23.1 Å². The van der Waals surface area contributed by atoms with E-state index in [1.54, 1.807) is 6.20 Å². The SMILES string of the molecule is c1cc(N2CCCC2)ccc1Nc1cnnc(N2CCCCCC2)n1. The highest BCUT2D eigenvalue weighted by molar-refractivity contribution is 5.61. The van der Waals surface area contributed by atoms with Crippen LogP contribution < -0.4 is 15.1 Å². The van der Waals surface area contributed by atoms with Crippen LogP contribution in [0.25, 0.3) is 0 Å². The Labute approximate surface area is 149 Å². The maximum absolute atomic E-state index is 4.66. The molecule has 132 valence electrons. The van der Waals surface area contributed by atoms with E-state index >= 15 is 0 Å². The molecule has 1 aromatic carbocycles. The second kappa shape index (κ2) is 7.68. The van der Waals surface area contributed by atoms with Crippen molar-refractivity contribution in [1.82, 2.24) is 15.2 Å². The highest BCUT2D eigenvalue weighted by Gasteiger charge is 2.14. The molecule has 2 aliphatic rings. The van der Waals surface area contributed by atoms with Gasteiger partial charge in [0.25, 0.3) is 0 Å². The molecule has 0 bridgehead atoms. The predicted octanol–water partition coefficient (Wildman–Crippen LogP) is 3.60. The molecule has 2 saturated heterocycles. The van der Waals surface area contributed by atoms with Crippen molar-refractivity contribution in [2.45, 2.75) is 38.5 Å². The fourth-order valence-corrected chi connectivity index (χ4v) is 3.64. The standard InChI is InChI=1S/C19H26N6/c1-2-4-14-25(13-3-1)19-22-18(15-20-23-19)21-16-7-9-17(10-8-16)24-11-5-6-12-24/h7-10,15H,1-6,11-14H2,(H,21,22,23). The average molecular weight is 338 g/mol. The number of hydrogen-bond donors (Lipinski definition) is 1. The first-order valence-electron chi connectivity index (χ1n) is 9.45. The lowest BCUT2D eigenvalue weighted by Crippen LogP contribution is -2.26. The summed E-state index contributed by atoms with van der Waals surface area (Å²) in [6.45, 7) is 4.38. The van der Waals surface area contributed by atoms with Crippen LogP contribution in [0.2, 0.25) is 0 Å². The number of hydrogen-bond acceptors (Lipinski definition) is 6. The van der Waals surface area contributed by atoms with Crippen LogP contribution in [0.1, 0.15) is 38.5 Å². The fraction of sp³-hybridized carbons (Fsp3) is 0.526. The van der Waals surface area contributed by atoms with E-state index in [0.717, 1.165) is 30.5 Å². The van der Waals surface area contributed by atoms with E-state index in [2.05, 4.69) is 54.6 Å². The van der Waals surface area contributed by atoms with Crippen molar-refractivity contribution in [3.63, 3.8) is 0 Å². The van der Waals surface area contributed by atoms with E-state index in [4.69, 9.17) is 0 Å². The Kier molecular flexibility index (Phi) is 4.95. The molecule has 0 atom stereocenters. The van der Waals surface area contributed by atoms with Crippen molar-refractivity contribution in [1.29, 1.82) is 0 Å². The molecule has 2 aromatic rings. The molecule has 1 N–H and O–H groups in total. The first-order chi connectivity index (χ1) is 12.4. The zero-order valence-corrected chi connectivity index (χ0v) is 14.7. The van der Waals surface area contributed by atoms with E-state index in [1.165, 1.54) is 57.3 Å². The third-order valence-electron chi connectivity index (χ3n) is 5.05. The van der Waals surface area contributed by atoms with Gasteiger partial charge in [-0.15, -0.1) is 5.10 Å². The second-order valence-electron chi connectivity index (χ2n) is 6.91. The first kappa shape index (κ1) is 16.1. The van der Waals surface area contributed by atoms with Crippen molar-refractivity contribution in [2.24, 2.45) is 0 Å². The van der Waals surface area contributed by atoms with Crippen molar-refractivity contribution in [3.05, 3.63) is 30.5 Å². The Balaban J connectivity index is 1.44. The van der Waals surface area contributed by atoms with Crippen molar-refractivity contribution >= 4 is 23.1 Å². The van der Waals surface area contributed by atoms with E-state index in [9.17, 15) is 0 Å². The van der Waals surface area contributed by atoms with E-state index in [-0.39, 0.29) is 0 Å². The minimum atomic E-state index is 0.737. The maximum Gasteiger partial charge on any atom is 0.247 e. The molecule has 0 radical (unpaired) electrons. The number of anilines is 4. The van der Waals surface area contributed by atoms with Crippen LogP contribution in [-0.2, 0) is 0 Å². The molecule has 0 aliphatic carbocycles. The van der Waals surface area contributed by atoms with Gasteiger partial charge in [-0.2, -0.15) is 10.1 Å². The van der Waals surface area contributed by atoms with Crippen molar-refractivity contribution in [3.8, 4) is 0 Å². The Morgan fingerprint density at radius 3 is 2.12 bits per heavy atom. The smallest absolute Gasteiger partial charge is 0.247 e. The number of rotatable bonds is 4. The molecule has 0 saturated carbocycles. The van der Waals surface area contributed by atoms with E-state index in [1.807, 2.05) is 0 Å². The molecule has 0 unspecified atom stereocenters. The normalized spacial score (nSPS) is 18.2. The van der Waals surface area contributed by atoms with Gasteiger partial charge in [-0.05, 0) is 49.9 Å². The number of nitrogens with one attached hydrogen (secondary N) is 1. The molecule has 6 heteroatoms. The van der Waals surface area contributed by atoms with Crippen LogP contribution in [-0.4, -0.2) is 41.4 Å². The lowest BCUT2D eigenvalue weighted by atomic mass is 10.2. The average Bonchev–Trinajstić information content (AvgIpc) is 3.05. The molecule has 2 aliphatic heterocycles. The monoisotopic (exact) mass is 338 g/mol. The Morgan fingerprint density at radius 1 is 0.760 bits per heavy atom. The van der Waals surface area contributed by atoms with Gasteiger partial charge in [-0.25, -0.2) is 0 Å². The topological polar surface area (TPSA) is 57.2 Å². The molecular formula is C19H26N6. The summed E-state index contributed by atoms with van der Waals surface area (Å²) in [6, 6.07) is 8.58. The summed E-state index contributed by atoms with van der Waals surface area (Å²) in [7, 11) is 0. The second-order valence-corrected chi connectivity index (χ2v) is 6.91. The van der Waals surface area contributed by atoms with Gasteiger partial charge in [0.15, 0.2) is 5.82 Å². The minimum Gasteiger partial charge on any atom is -0.372 e. The summed E-state index contributed by atoms with van der Waals surface area (Å²) < 4.78 is 0. The van der Waals surface area contributed by atoms with Gasteiger partial charge in [0.05, 0.1) is 6.20 Å². The van der Waals surface area contributed by atoms with Crippen LogP contribution in [0, 0.1) is 0 Å². The van der Waals surface area contributed by atoms with Gasteiger partial charge in [-0.3, -0.25) is 0 Å². The van der Waals surface area contributed by atoms with Crippen LogP contribution in [0.5, 0.6) is 0 Å². The van der Waals surface area contributed by atoms with Crippen LogP contribution in [0.15, 0.2) is 30.5 Å². The molecule has 3 heterocycles. The number of aromatic nitrogens is 3. The molecule has 0 spiro atoms. The Morgan fingerprint density at radius 2 is 1.40 bits per heavy atom. The number of benzene rings is 1. The van der Waals surface area contributed by atoms with Gasteiger partial charge >= 0.3 is 0 Å². The van der Waals surface area contributed by atoms with Gasteiger partial charge < -0.3 is 15.1 Å². The highest BCUT2D eigenvalue weighted by Crippen LogP contribution is 2.24. The molecule has 1 aromatic heterocycles. The Bertz CT molecular complexity index is 673. The van der Waals surface area contributed by atoms with Crippen molar-refractivity contribution in [2.75, 3.05) is 41.3 Å². The highest BCUT2D eigenvalue weighted by atomic mass is 15.3. The number of nitrogens with zero attached hydrogens (tertiary/aromatic N) is 5. The van der Waals surface area contributed by atoms with E-state index in [0.29, 0.717) is 0 Å². The molecule has 0 amide bonds. The Hall–Kier alpha value is -2.37. The van der Waals surface area contributed by atoms with Crippen molar-refractivity contribution < 1.29 is 0 Å². The summed E-state index contributed by atoms with van der Waals surface area (Å²) in [4.78, 5) is 9.35. The molecule has 6 nitrogen and oxygen atoms in total. The fourth-order valence-electron chi connectivity index (χ4n) is 3.64. The molecule has 25 heavy (non-hydrogen) atoms. The third-order valence-corrected chi connectivity index (χ3v) is 5.05. The van der Waals surface area contributed by atoms with Gasteiger partial charge in [0, 0.05) is 37.6 Å². The summed E-state index contributed by atoms with van der Waals surface area (Å²) in [6.07, 6.45) is 9.29. The van der Waals surface area contributed by atoms with Crippen LogP contribution in [0.3, 0.4) is 0 Å². The maximum atomic E-state index is 4.66. The summed E-state index contributed by atoms with van der Waals surface area (Å²) in [5.74, 6) is 1.49. The van der Waals surface area contributed by atoms with E-state index < -0.39 is 0 Å². The summed E-state index contributed by atoms with van der Waals surface area (Å²) in [5, 5.41) is 11.7. The third kappa shape index (κ3) is 4.00. The zero-order chi connectivity index (χ0) is 16.9. The van der Waals surface area contributed by atoms with Gasteiger partial charge in [0.1, 0.15) is 0 Å². The lowest BCUT2D eigenvalue weighted by molar-refractivity contribution is 0.726. The lowest BCUT2D eigenvalue weighted by Gasteiger charge is -2.20. The predicted molar refractivity (Wildman–Crippen MR) is 102 cm³/mol. The molecule has 4 rings (SSSR count). The first-order valence-corrected chi connectivity index (χ1v) is 9.45. The zero-order valence-electron chi connectivity index (χ0n) is 14.7. The van der Waals surface area contributed by atoms with Crippen LogP contribution >= 0.6 is 0 Å². The van der Waals surface area contributed by atoms with Gasteiger partial charge in [-0.1, -0.05) is 12.8 Å².